The van der Waals surface area contributed by atoms with E-state index in [1.54, 1.807) is 6.20 Å². The SMILES string of the molecule is Cc1nc2c(n1Cc1ccno1)CCCC2. The molecule has 0 N–H and O–H groups in total. The number of rotatable bonds is 2. The zero-order chi connectivity index (χ0) is 11.0. The first kappa shape index (κ1) is 9.63. The van der Waals surface area contributed by atoms with E-state index in [1.165, 1.54) is 24.2 Å². The molecule has 0 fully saturated rings. The molecule has 2 heterocycles. The molecular formula is C12H15N3O. The molecule has 0 spiro atoms. The molecule has 0 aliphatic heterocycles. The number of aromatic nitrogens is 3. The van der Waals surface area contributed by atoms with E-state index in [-0.39, 0.29) is 0 Å². The van der Waals surface area contributed by atoms with Crippen molar-refractivity contribution in [2.75, 3.05) is 0 Å². The summed E-state index contributed by atoms with van der Waals surface area (Å²) in [5, 5.41) is 3.74. The van der Waals surface area contributed by atoms with Crippen LogP contribution in [0.25, 0.3) is 0 Å². The quantitative estimate of drug-likeness (QED) is 0.773. The number of aryl methyl sites for hydroxylation is 2. The molecule has 0 bridgehead atoms. The van der Waals surface area contributed by atoms with Crippen molar-refractivity contribution < 1.29 is 4.52 Å². The van der Waals surface area contributed by atoms with Gasteiger partial charge in [0.2, 0.25) is 0 Å². The summed E-state index contributed by atoms with van der Waals surface area (Å²) in [7, 11) is 0. The Kier molecular flexibility index (Phi) is 2.27. The maximum absolute atomic E-state index is 5.15. The summed E-state index contributed by atoms with van der Waals surface area (Å²) >= 11 is 0. The van der Waals surface area contributed by atoms with Gasteiger partial charge in [-0.25, -0.2) is 4.98 Å². The van der Waals surface area contributed by atoms with E-state index in [2.05, 4.69) is 21.6 Å². The number of fused-ring (bicyclic) bond motifs is 1. The summed E-state index contributed by atoms with van der Waals surface area (Å²) in [5.41, 5.74) is 2.67. The van der Waals surface area contributed by atoms with Crippen molar-refractivity contribution in [1.82, 2.24) is 14.7 Å². The lowest BCUT2D eigenvalue weighted by Crippen LogP contribution is -2.09. The fraction of sp³-hybridized carbons (Fsp3) is 0.500. The molecule has 0 aromatic carbocycles. The van der Waals surface area contributed by atoms with Crippen LogP contribution in [-0.2, 0) is 19.4 Å². The molecular weight excluding hydrogens is 202 g/mol. The van der Waals surface area contributed by atoms with Gasteiger partial charge in [-0.3, -0.25) is 0 Å². The van der Waals surface area contributed by atoms with Gasteiger partial charge in [0, 0.05) is 11.8 Å². The normalized spacial score (nSPS) is 15.1. The number of imidazole rings is 1. The third-order valence-electron chi connectivity index (χ3n) is 3.23. The second kappa shape index (κ2) is 3.77. The van der Waals surface area contributed by atoms with Gasteiger partial charge >= 0.3 is 0 Å². The molecule has 4 heteroatoms. The highest BCUT2D eigenvalue weighted by molar-refractivity contribution is 5.21. The highest BCUT2D eigenvalue weighted by Crippen LogP contribution is 2.22. The maximum Gasteiger partial charge on any atom is 0.156 e. The smallest absolute Gasteiger partial charge is 0.156 e. The van der Waals surface area contributed by atoms with Crippen LogP contribution in [0.5, 0.6) is 0 Å². The van der Waals surface area contributed by atoms with Crippen molar-refractivity contribution in [1.29, 1.82) is 0 Å². The number of hydrogen-bond donors (Lipinski definition) is 0. The first-order valence-electron chi connectivity index (χ1n) is 5.79. The lowest BCUT2D eigenvalue weighted by Gasteiger charge is -2.13. The van der Waals surface area contributed by atoms with E-state index in [4.69, 9.17) is 4.52 Å². The summed E-state index contributed by atoms with van der Waals surface area (Å²) in [6.45, 7) is 2.82. The third-order valence-corrected chi connectivity index (χ3v) is 3.23. The molecule has 3 rings (SSSR count). The van der Waals surface area contributed by atoms with Gasteiger partial charge in [-0.15, -0.1) is 0 Å². The van der Waals surface area contributed by atoms with Gasteiger partial charge in [-0.2, -0.15) is 0 Å². The van der Waals surface area contributed by atoms with Crippen LogP contribution in [0.4, 0.5) is 0 Å². The lowest BCUT2D eigenvalue weighted by atomic mass is 10.0. The standard InChI is InChI=1S/C12H15N3O/c1-9-14-11-4-2-3-5-12(11)15(9)8-10-6-7-13-16-10/h6-7H,2-5,8H2,1H3. The monoisotopic (exact) mass is 217 g/mol. The zero-order valence-corrected chi connectivity index (χ0v) is 9.44. The third kappa shape index (κ3) is 1.54. The van der Waals surface area contributed by atoms with Gasteiger partial charge in [-0.05, 0) is 32.6 Å². The minimum atomic E-state index is 0.758. The van der Waals surface area contributed by atoms with Crippen LogP contribution >= 0.6 is 0 Å². The summed E-state index contributed by atoms with van der Waals surface area (Å²) < 4.78 is 7.41. The van der Waals surface area contributed by atoms with E-state index in [9.17, 15) is 0 Å². The maximum atomic E-state index is 5.15. The first-order valence-corrected chi connectivity index (χ1v) is 5.79. The lowest BCUT2D eigenvalue weighted by molar-refractivity contribution is 0.373. The van der Waals surface area contributed by atoms with Crippen LogP contribution in [0.1, 0.15) is 35.8 Å². The number of nitrogens with zero attached hydrogens (tertiary/aromatic N) is 3. The number of hydrogen-bond acceptors (Lipinski definition) is 3. The van der Waals surface area contributed by atoms with Gasteiger partial charge in [-0.1, -0.05) is 5.16 Å². The van der Waals surface area contributed by atoms with Crippen LogP contribution in [-0.4, -0.2) is 14.7 Å². The van der Waals surface area contributed by atoms with Crippen molar-refractivity contribution >= 4 is 0 Å². The van der Waals surface area contributed by atoms with E-state index in [0.29, 0.717) is 0 Å². The molecule has 2 aromatic rings. The Bertz CT molecular complexity index is 485. The van der Waals surface area contributed by atoms with Crippen LogP contribution < -0.4 is 0 Å². The Morgan fingerprint density at radius 1 is 1.38 bits per heavy atom. The highest BCUT2D eigenvalue weighted by atomic mass is 16.5. The molecule has 0 saturated carbocycles. The van der Waals surface area contributed by atoms with Gasteiger partial charge in [0.05, 0.1) is 18.4 Å². The highest BCUT2D eigenvalue weighted by Gasteiger charge is 2.18. The van der Waals surface area contributed by atoms with E-state index < -0.39 is 0 Å². The fourth-order valence-corrected chi connectivity index (χ4v) is 2.42. The molecule has 0 saturated heterocycles. The average Bonchev–Trinajstić information content (AvgIpc) is 2.89. The predicted molar refractivity (Wildman–Crippen MR) is 59.2 cm³/mol. The summed E-state index contributed by atoms with van der Waals surface area (Å²) in [5.74, 6) is 1.98. The van der Waals surface area contributed by atoms with Crippen molar-refractivity contribution in [3.8, 4) is 0 Å². The zero-order valence-electron chi connectivity index (χ0n) is 9.44. The second-order valence-corrected chi connectivity index (χ2v) is 4.32. The molecule has 2 aromatic heterocycles. The van der Waals surface area contributed by atoms with Gasteiger partial charge in [0.15, 0.2) is 5.76 Å². The average molecular weight is 217 g/mol. The molecule has 1 aliphatic rings. The molecule has 16 heavy (non-hydrogen) atoms. The molecule has 0 radical (unpaired) electrons. The van der Waals surface area contributed by atoms with Crippen LogP contribution in [0.3, 0.4) is 0 Å². The van der Waals surface area contributed by atoms with Crippen LogP contribution in [0, 0.1) is 6.92 Å². The Hall–Kier alpha value is -1.58. The van der Waals surface area contributed by atoms with Crippen molar-refractivity contribution in [3.63, 3.8) is 0 Å². The molecule has 4 nitrogen and oxygen atoms in total. The molecule has 84 valence electrons. The first-order chi connectivity index (χ1) is 7.84. The summed E-state index contributed by atoms with van der Waals surface area (Å²) in [6.07, 6.45) is 6.50. The molecule has 0 unspecified atom stereocenters. The molecule has 1 aliphatic carbocycles. The van der Waals surface area contributed by atoms with E-state index in [0.717, 1.165) is 31.0 Å². The van der Waals surface area contributed by atoms with Gasteiger partial charge < -0.3 is 9.09 Å². The van der Waals surface area contributed by atoms with E-state index >= 15 is 0 Å². The fourth-order valence-electron chi connectivity index (χ4n) is 2.42. The Balaban J connectivity index is 1.97. The predicted octanol–water partition coefficient (Wildman–Crippen LogP) is 2.11. The van der Waals surface area contributed by atoms with Crippen LogP contribution in [0.2, 0.25) is 0 Å². The Labute approximate surface area is 94.3 Å². The minimum absolute atomic E-state index is 0.758. The van der Waals surface area contributed by atoms with Gasteiger partial charge in [0.1, 0.15) is 5.82 Å². The molecule has 0 atom stereocenters. The second-order valence-electron chi connectivity index (χ2n) is 4.32. The van der Waals surface area contributed by atoms with Gasteiger partial charge in [0.25, 0.3) is 0 Å². The Morgan fingerprint density at radius 3 is 3.06 bits per heavy atom. The van der Waals surface area contributed by atoms with Crippen molar-refractivity contribution in [3.05, 3.63) is 35.2 Å². The summed E-state index contributed by atoms with van der Waals surface area (Å²) in [6, 6.07) is 1.91. The minimum Gasteiger partial charge on any atom is -0.359 e. The van der Waals surface area contributed by atoms with Crippen LogP contribution in [0.15, 0.2) is 16.8 Å². The summed E-state index contributed by atoms with van der Waals surface area (Å²) in [4.78, 5) is 4.63. The molecule has 0 amide bonds. The van der Waals surface area contributed by atoms with Crippen molar-refractivity contribution in [2.45, 2.75) is 39.2 Å². The van der Waals surface area contributed by atoms with Crippen molar-refractivity contribution in [2.24, 2.45) is 0 Å². The topological polar surface area (TPSA) is 43.9 Å². The Morgan fingerprint density at radius 2 is 2.25 bits per heavy atom. The largest absolute Gasteiger partial charge is 0.359 e. The van der Waals surface area contributed by atoms with E-state index in [1.807, 2.05) is 6.07 Å².